The molecule has 0 aromatic carbocycles. The van der Waals surface area contributed by atoms with E-state index in [9.17, 15) is 0 Å². The monoisotopic (exact) mass is 292 g/mol. The van der Waals surface area contributed by atoms with Gasteiger partial charge in [-0.05, 0) is 56.9 Å². The average molecular weight is 292 g/mol. The van der Waals surface area contributed by atoms with Gasteiger partial charge in [0.05, 0.1) is 0 Å². The zero-order valence-corrected chi connectivity index (χ0v) is 13.8. The van der Waals surface area contributed by atoms with Gasteiger partial charge in [0.15, 0.2) is 0 Å². The molecule has 2 N–H and O–H groups in total. The van der Waals surface area contributed by atoms with Gasteiger partial charge in [0.2, 0.25) is 0 Å². The number of fused-ring (bicyclic) bond motifs is 1. The molecule has 112 valence electrons. The molecule has 0 bridgehead atoms. The molecule has 2 aliphatic rings. The van der Waals surface area contributed by atoms with Crippen molar-refractivity contribution >= 4 is 11.8 Å². The highest BCUT2D eigenvalue weighted by atomic mass is 32.2. The standard InChI is InChI=1S/C17H28N2S/c1-13-11-14-15(18)7-6-8-16(14)19(13)12-17(20-2)9-4-3-5-10-17/h11,15H,3-10,12,18H2,1-2H3. The summed E-state index contributed by atoms with van der Waals surface area (Å²) in [5.41, 5.74) is 10.7. The van der Waals surface area contributed by atoms with Gasteiger partial charge in [0.1, 0.15) is 0 Å². The molecule has 0 amide bonds. The number of hydrogen-bond donors (Lipinski definition) is 1. The van der Waals surface area contributed by atoms with Crippen LogP contribution in [0.25, 0.3) is 0 Å². The summed E-state index contributed by atoms with van der Waals surface area (Å²) in [7, 11) is 0. The van der Waals surface area contributed by atoms with E-state index in [4.69, 9.17) is 5.73 Å². The Morgan fingerprint density at radius 1 is 1.30 bits per heavy atom. The third-order valence-corrected chi connectivity index (χ3v) is 6.82. The van der Waals surface area contributed by atoms with Crippen molar-refractivity contribution in [3.63, 3.8) is 0 Å². The molecule has 1 unspecified atom stereocenters. The van der Waals surface area contributed by atoms with Gasteiger partial charge in [0.25, 0.3) is 0 Å². The molecule has 1 saturated carbocycles. The van der Waals surface area contributed by atoms with E-state index in [0.29, 0.717) is 4.75 Å². The van der Waals surface area contributed by atoms with Crippen molar-refractivity contribution in [3.05, 3.63) is 23.0 Å². The summed E-state index contributed by atoms with van der Waals surface area (Å²) in [5, 5.41) is 0. The summed E-state index contributed by atoms with van der Waals surface area (Å²) in [6, 6.07) is 2.63. The third-order valence-electron chi connectivity index (χ3n) is 5.42. The fourth-order valence-electron chi connectivity index (χ4n) is 4.13. The van der Waals surface area contributed by atoms with Gasteiger partial charge in [-0.15, -0.1) is 0 Å². The van der Waals surface area contributed by atoms with Crippen LogP contribution in [0.15, 0.2) is 6.07 Å². The van der Waals surface area contributed by atoms with E-state index < -0.39 is 0 Å². The molecule has 2 nitrogen and oxygen atoms in total. The minimum Gasteiger partial charge on any atom is -0.347 e. The molecule has 1 atom stereocenters. The van der Waals surface area contributed by atoms with Crippen molar-refractivity contribution in [3.8, 4) is 0 Å². The van der Waals surface area contributed by atoms with Crippen LogP contribution in [0.4, 0.5) is 0 Å². The Balaban J connectivity index is 1.90. The molecular weight excluding hydrogens is 264 g/mol. The van der Waals surface area contributed by atoms with E-state index in [2.05, 4.69) is 35.6 Å². The van der Waals surface area contributed by atoms with E-state index in [-0.39, 0.29) is 6.04 Å². The third kappa shape index (κ3) is 2.55. The van der Waals surface area contributed by atoms with Crippen molar-refractivity contribution in [1.29, 1.82) is 0 Å². The van der Waals surface area contributed by atoms with Gasteiger partial charge in [-0.25, -0.2) is 0 Å². The molecule has 0 saturated heterocycles. The molecule has 20 heavy (non-hydrogen) atoms. The van der Waals surface area contributed by atoms with E-state index in [1.54, 1.807) is 5.69 Å². The van der Waals surface area contributed by atoms with Crippen LogP contribution in [0.5, 0.6) is 0 Å². The second-order valence-corrected chi connectivity index (χ2v) is 7.99. The van der Waals surface area contributed by atoms with Crippen molar-refractivity contribution in [2.75, 3.05) is 6.26 Å². The molecule has 0 radical (unpaired) electrons. The second kappa shape index (κ2) is 5.76. The summed E-state index contributed by atoms with van der Waals surface area (Å²) in [6.45, 7) is 3.46. The number of aryl methyl sites for hydroxylation is 1. The van der Waals surface area contributed by atoms with Gasteiger partial charge in [-0.1, -0.05) is 19.3 Å². The first-order valence-corrected chi connectivity index (χ1v) is 9.37. The van der Waals surface area contributed by atoms with Crippen molar-refractivity contribution < 1.29 is 0 Å². The molecule has 1 fully saturated rings. The zero-order valence-electron chi connectivity index (χ0n) is 13.0. The van der Waals surface area contributed by atoms with Crippen LogP contribution < -0.4 is 5.73 Å². The number of rotatable bonds is 3. The second-order valence-electron chi connectivity index (χ2n) is 6.72. The minimum atomic E-state index is 0.273. The van der Waals surface area contributed by atoms with Crippen molar-refractivity contribution in [2.45, 2.75) is 75.6 Å². The fraction of sp³-hybridized carbons (Fsp3) is 0.765. The Kier molecular flexibility index (Phi) is 4.19. The average Bonchev–Trinajstić information content (AvgIpc) is 2.78. The normalized spacial score (nSPS) is 25.4. The number of thioether (sulfide) groups is 1. The van der Waals surface area contributed by atoms with Crippen LogP contribution in [0.2, 0.25) is 0 Å². The fourth-order valence-corrected chi connectivity index (χ4v) is 5.09. The summed E-state index contributed by atoms with van der Waals surface area (Å²) in [6.07, 6.45) is 12.9. The van der Waals surface area contributed by atoms with Gasteiger partial charge >= 0.3 is 0 Å². The highest BCUT2D eigenvalue weighted by Crippen LogP contribution is 2.41. The van der Waals surface area contributed by atoms with Crippen LogP contribution in [-0.4, -0.2) is 15.6 Å². The first-order valence-electron chi connectivity index (χ1n) is 8.15. The van der Waals surface area contributed by atoms with E-state index in [0.717, 1.165) is 6.42 Å². The lowest BCUT2D eigenvalue weighted by Gasteiger charge is -2.37. The van der Waals surface area contributed by atoms with Crippen LogP contribution in [-0.2, 0) is 13.0 Å². The number of nitrogens with two attached hydrogens (primary N) is 1. The van der Waals surface area contributed by atoms with Crippen LogP contribution >= 0.6 is 11.8 Å². The maximum absolute atomic E-state index is 6.31. The van der Waals surface area contributed by atoms with Crippen molar-refractivity contribution in [1.82, 2.24) is 4.57 Å². The van der Waals surface area contributed by atoms with Gasteiger partial charge in [-0.2, -0.15) is 11.8 Å². The summed E-state index contributed by atoms with van der Waals surface area (Å²) in [5.74, 6) is 0. The Morgan fingerprint density at radius 3 is 2.75 bits per heavy atom. The molecule has 3 rings (SSSR count). The molecule has 0 aliphatic heterocycles. The number of aromatic nitrogens is 1. The smallest absolute Gasteiger partial charge is 0.0372 e. The Hall–Kier alpha value is -0.410. The summed E-state index contributed by atoms with van der Waals surface area (Å²) in [4.78, 5) is 0. The maximum atomic E-state index is 6.31. The van der Waals surface area contributed by atoms with Crippen LogP contribution in [0.1, 0.15) is 67.9 Å². The summed E-state index contributed by atoms with van der Waals surface area (Å²) < 4.78 is 3.08. The molecule has 2 aliphatic carbocycles. The summed E-state index contributed by atoms with van der Waals surface area (Å²) >= 11 is 2.10. The molecule has 1 aromatic heterocycles. The Morgan fingerprint density at radius 2 is 2.05 bits per heavy atom. The van der Waals surface area contributed by atoms with Gasteiger partial charge in [0, 0.05) is 28.7 Å². The lowest BCUT2D eigenvalue weighted by Crippen LogP contribution is -2.34. The van der Waals surface area contributed by atoms with E-state index in [1.165, 1.54) is 62.7 Å². The Labute approximate surface area is 127 Å². The quantitative estimate of drug-likeness (QED) is 0.905. The highest BCUT2D eigenvalue weighted by molar-refractivity contribution is 8.00. The molecule has 3 heteroatoms. The van der Waals surface area contributed by atoms with Gasteiger partial charge in [-0.3, -0.25) is 0 Å². The van der Waals surface area contributed by atoms with Crippen LogP contribution in [0.3, 0.4) is 0 Å². The highest BCUT2D eigenvalue weighted by Gasteiger charge is 2.33. The van der Waals surface area contributed by atoms with Gasteiger partial charge < -0.3 is 10.3 Å². The molecule has 1 aromatic rings. The van der Waals surface area contributed by atoms with Crippen molar-refractivity contribution in [2.24, 2.45) is 5.73 Å². The molecule has 1 heterocycles. The minimum absolute atomic E-state index is 0.273. The lowest BCUT2D eigenvalue weighted by molar-refractivity contribution is 0.351. The van der Waals surface area contributed by atoms with E-state index in [1.807, 2.05) is 0 Å². The number of hydrogen-bond acceptors (Lipinski definition) is 2. The maximum Gasteiger partial charge on any atom is 0.0372 e. The SMILES string of the molecule is CSC1(Cn2c(C)cc3c2CCCC3N)CCCCC1. The predicted octanol–water partition coefficient (Wildman–Crippen LogP) is 4.20. The first-order chi connectivity index (χ1) is 9.65. The predicted molar refractivity (Wildman–Crippen MR) is 88.4 cm³/mol. The molecular formula is C17H28N2S. The van der Waals surface area contributed by atoms with Crippen LogP contribution in [0, 0.1) is 6.92 Å². The van der Waals surface area contributed by atoms with E-state index >= 15 is 0 Å². The lowest BCUT2D eigenvalue weighted by atomic mass is 9.87. The topological polar surface area (TPSA) is 30.9 Å². The Bertz CT molecular complexity index is 472. The largest absolute Gasteiger partial charge is 0.347 e. The number of nitrogens with zero attached hydrogens (tertiary/aromatic N) is 1. The first kappa shape index (κ1) is 14.5. The zero-order chi connectivity index (χ0) is 14.2. The molecule has 0 spiro atoms.